The summed E-state index contributed by atoms with van der Waals surface area (Å²) >= 11 is 0. The lowest BCUT2D eigenvalue weighted by atomic mass is 10.1. The topological polar surface area (TPSA) is 84.6 Å². The second kappa shape index (κ2) is 7.08. The minimum atomic E-state index is -0.285. The van der Waals surface area contributed by atoms with Crippen LogP contribution in [0.15, 0.2) is 65.1 Å². The molecule has 0 fully saturated rings. The molecular weight excluding hydrogens is 356 g/mol. The van der Waals surface area contributed by atoms with E-state index in [1.54, 1.807) is 50.4 Å². The van der Waals surface area contributed by atoms with E-state index in [4.69, 9.17) is 9.15 Å². The standard InChI is InChI=1S/C22H18N2O4/c1-13-10-15(23-21(26)14-6-5-7-16(11-14)27-2)12-17(20(13)25)22-24-18-8-3-4-9-19(18)28-22/h3-12,25H,1-2H3,(H,23,26). The van der Waals surface area contributed by atoms with E-state index in [-0.39, 0.29) is 11.7 Å². The number of aryl methyl sites for hydroxylation is 1. The molecule has 28 heavy (non-hydrogen) atoms. The van der Waals surface area contributed by atoms with Gasteiger partial charge in [-0.15, -0.1) is 0 Å². The molecule has 0 saturated heterocycles. The first kappa shape index (κ1) is 17.6. The molecule has 0 unspecified atom stereocenters. The van der Waals surface area contributed by atoms with E-state index in [1.165, 1.54) is 0 Å². The summed E-state index contributed by atoms with van der Waals surface area (Å²) in [6.45, 7) is 1.75. The molecule has 0 bridgehead atoms. The van der Waals surface area contributed by atoms with Gasteiger partial charge in [-0.1, -0.05) is 18.2 Å². The van der Waals surface area contributed by atoms with Crippen molar-refractivity contribution < 1.29 is 19.1 Å². The Morgan fingerprint density at radius 3 is 2.71 bits per heavy atom. The number of phenols is 1. The summed E-state index contributed by atoms with van der Waals surface area (Å²) in [7, 11) is 1.55. The number of amides is 1. The third-order valence-corrected chi connectivity index (χ3v) is 4.41. The summed E-state index contributed by atoms with van der Waals surface area (Å²) in [5.41, 5.74) is 3.33. The van der Waals surface area contributed by atoms with Gasteiger partial charge in [-0.2, -0.15) is 0 Å². The van der Waals surface area contributed by atoms with Crippen LogP contribution in [-0.4, -0.2) is 23.1 Å². The molecule has 0 atom stereocenters. The molecule has 0 saturated carbocycles. The second-order valence-electron chi connectivity index (χ2n) is 6.36. The van der Waals surface area contributed by atoms with Gasteiger partial charge in [0, 0.05) is 11.3 Å². The number of nitrogens with zero attached hydrogens (tertiary/aromatic N) is 1. The van der Waals surface area contributed by atoms with Crippen molar-refractivity contribution >= 4 is 22.7 Å². The Kier molecular flexibility index (Phi) is 4.45. The largest absolute Gasteiger partial charge is 0.507 e. The number of aromatic hydroxyl groups is 1. The second-order valence-corrected chi connectivity index (χ2v) is 6.36. The lowest BCUT2D eigenvalue weighted by molar-refractivity contribution is 0.102. The lowest BCUT2D eigenvalue weighted by Crippen LogP contribution is -2.12. The maximum atomic E-state index is 12.6. The van der Waals surface area contributed by atoms with Crippen LogP contribution in [0.4, 0.5) is 5.69 Å². The zero-order chi connectivity index (χ0) is 19.7. The van der Waals surface area contributed by atoms with Crippen molar-refractivity contribution in [3.8, 4) is 23.0 Å². The molecule has 0 spiro atoms. The van der Waals surface area contributed by atoms with Gasteiger partial charge < -0.3 is 19.6 Å². The highest BCUT2D eigenvalue weighted by Crippen LogP contribution is 2.36. The van der Waals surface area contributed by atoms with Crippen LogP contribution in [0.1, 0.15) is 15.9 Å². The Labute approximate surface area is 161 Å². The number of anilines is 1. The monoisotopic (exact) mass is 374 g/mol. The fourth-order valence-corrected chi connectivity index (χ4v) is 2.97. The molecule has 3 aromatic carbocycles. The average Bonchev–Trinajstić information content (AvgIpc) is 3.14. The van der Waals surface area contributed by atoms with Gasteiger partial charge in [0.15, 0.2) is 5.58 Å². The molecule has 6 heteroatoms. The Morgan fingerprint density at radius 1 is 1.11 bits per heavy atom. The highest BCUT2D eigenvalue weighted by molar-refractivity contribution is 6.05. The zero-order valence-electron chi connectivity index (χ0n) is 15.4. The first-order chi connectivity index (χ1) is 13.5. The van der Waals surface area contributed by atoms with Crippen LogP contribution in [0.3, 0.4) is 0 Å². The van der Waals surface area contributed by atoms with E-state index in [1.807, 2.05) is 24.3 Å². The first-order valence-electron chi connectivity index (χ1n) is 8.70. The Morgan fingerprint density at radius 2 is 1.93 bits per heavy atom. The number of methoxy groups -OCH3 is 1. The van der Waals surface area contributed by atoms with Crippen LogP contribution < -0.4 is 10.1 Å². The maximum absolute atomic E-state index is 12.6. The quantitative estimate of drug-likeness (QED) is 0.503. The number of hydrogen-bond donors (Lipinski definition) is 2. The SMILES string of the molecule is COc1cccc(C(=O)Nc2cc(C)c(O)c(-c3nc4ccccc4o3)c2)c1. The Bertz CT molecular complexity index is 1150. The summed E-state index contributed by atoms with van der Waals surface area (Å²) < 4.78 is 10.9. The van der Waals surface area contributed by atoms with Gasteiger partial charge in [-0.3, -0.25) is 4.79 Å². The number of rotatable bonds is 4. The summed E-state index contributed by atoms with van der Waals surface area (Å²) in [6.07, 6.45) is 0. The molecule has 1 heterocycles. The van der Waals surface area contributed by atoms with Gasteiger partial charge in [0.05, 0.1) is 12.7 Å². The molecule has 4 rings (SSSR count). The maximum Gasteiger partial charge on any atom is 0.255 e. The fraction of sp³-hybridized carbons (Fsp3) is 0.0909. The highest BCUT2D eigenvalue weighted by atomic mass is 16.5. The van der Waals surface area contributed by atoms with Gasteiger partial charge in [0.1, 0.15) is 17.0 Å². The van der Waals surface area contributed by atoms with E-state index in [9.17, 15) is 9.90 Å². The number of fused-ring (bicyclic) bond motifs is 1. The minimum absolute atomic E-state index is 0.0611. The number of hydrogen-bond acceptors (Lipinski definition) is 5. The van der Waals surface area contributed by atoms with E-state index < -0.39 is 0 Å². The van der Waals surface area contributed by atoms with Gasteiger partial charge >= 0.3 is 0 Å². The summed E-state index contributed by atoms with van der Waals surface area (Å²) in [5.74, 6) is 0.666. The summed E-state index contributed by atoms with van der Waals surface area (Å²) in [6, 6.07) is 17.6. The zero-order valence-corrected chi connectivity index (χ0v) is 15.4. The average molecular weight is 374 g/mol. The lowest BCUT2D eigenvalue weighted by Gasteiger charge is -2.11. The number of phenolic OH excluding ortho intramolecular Hbond substituents is 1. The van der Waals surface area contributed by atoms with E-state index >= 15 is 0 Å². The molecule has 1 amide bonds. The fourth-order valence-electron chi connectivity index (χ4n) is 2.97. The van der Waals surface area contributed by atoms with Crippen LogP contribution >= 0.6 is 0 Å². The van der Waals surface area contributed by atoms with Crippen molar-refractivity contribution in [3.05, 3.63) is 71.8 Å². The number of nitrogens with one attached hydrogen (secondary N) is 1. The molecular formula is C22H18N2O4. The molecule has 0 aliphatic heterocycles. The summed E-state index contributed by atoms with van der Waals surface area (Å²) in [4.78, 5) is 17.0. The number of carbonyl (C=O) groups is 1. The van der Waals surface area contributed by atoms with Crippen molar-refractivity contribution in [1.82, 2.24) is 4.98 Å². The van der Waals surface area contributed by atoms with Gasteiger partial charge in [-0.25, -0.2) is 4.98 Å². The molecule has 0 radical (unpaired) electrons. The molecule has 1 aromatic heterocycles. The first-order valence-corrected chi connectivity index (χ1v) is 8.70. The van der Waals surface area contributed by atoms with Crippen molar-refractivity contribution in [2.24, 2.45) is 0 Å². The van der Waals surface area contributed by atoms with Crippen molar-refractivity contribution in [3.63, 3.8) is 0 Å². The van der Waals surface area contributed by atoms with Crippen LogP contribution in [-0.2, 0) is 0 Å². The van der Waals surface area contributed by atoms with Crippen LogP contribution in [0, 0.1) is 6.92 Å². The molecule has 0 aliphatic carbocycles. The smallest absolute Gasteiger partial charge is 0.255 e. The third-order valence-electron chi connectivity index (χ3n) is 4.41. The Hall–Kier alpha value is -3.80. The Balaban J connectivity index is 1.69. The van der Waals surface area contributed by atoms with Gasteiger partial charge in [0.2, 0.25) is 5.89 Å². The van der Waals surface area contributed by atoms with E-state index in [0.29, 0.717) is 45.1 Å². The normalized spacial score (nSPS) is 10.8. The summed E-state index contributed by atoms with van der Waals surface area (Å²) in [5, 5.41) is 13.3. The predicted octanol–water partition coefficient (Wildman–Crippen LogP) is 4.77. The number of ether oxygens (including phenoxy) is 1. The highest BCUT2D eigenvalue weighted by Gasteiger charge is 2.16. The number of oxazole rings is 1. The number of benzene rings is 3. The molecule has 6 nitrogen and oxygen atoms in total. The number of para-hydroxylation sites is 2. The van der Waals surface area contributed by atoms with Crippen molar-refractivity contribution in [2.45, 2.75) is 6.92 Å². The van der Waals surface area contributed by atoms with Crippen LogP contribution in [0.5, 0.6) is 11.5 Å². The molecule has 2 N–H and O–H groups in total. The molecule has 4 aromatic rings. The third kappa shape index (κ3) is 3.27. The van der Waals surface area contributed by atoms with Crippen molar-refractivity contribution in [1.29, 1.82) is 0 Å². The van der Waals surface area contributed by atoms with Gasteiger partial charge in [0.25, 0.3) is 5.91 Å². The minimum Gasteiger partial charge on any atom is -0.507 e. The molecule has 140 valence electrons. The van der Waals surface area contributed by atoms with Crippen molar-refractivity contribution in [2.75, 3.05) is 12.4 Å². The van der Waals surface area contributed by atoms with Crippen LogP contribution in [0.25, 0.3) is 22.6 Å². The van der Waals surface area contributed by atoms with Gasteiger partial charge in [-0.05, 0) is 55.0 Å². The van der Waals surface area contributed by atoms with E-state index in [0.717, 1.165) is 0 Å². The van der Waals surface area contributed by atoms with E-state index in [2.05, 4.69) is 10.3 Å². The predicted molar refractivity (Wildman–Crippen MR) is 107 cm³/mol. The number of carbonyl (C=O) groups excluding carboxylic acids is 1. The van der Waals surface area contributed by atoms with Crippen LogP contribution in [0.2, 0.25) is 0 Å². The number of aromatic nitrogens is 1. The molecule has 0 aliphatic rings.